The highest BCUT2D eigenvalue weighted by Crippen LogP contribution is 2.37. The first-order valence-electron chi connectivity index (χ1n) is 9.48. The zero-order valence-electron chi connectivity index (χ0n) is 16.3. The molecule has 28 heavy (non-hydrogen) atoms. The Morgan fingerprint density at radius 1 is 1.18 bits per heavy atom. The molecular formula is C21H23BrN4O2. The molecule has 146 valence electrons. The molecule has 0 radical (unpaired) electrons. The highest BCUT2D eigenvalue weighted by molar-refractivity contribution is 9.10. The highest BCUT2D eigenvalue weighted by Gasteiger charge is 2.41. The Morgan fingerprint density at radius 3 is 2.46 bits per heavy atom. The van der Waals surface area contributed by atoms with Crippen LogP contribution in [0.2, 0.25) is 0 Å². The van der Waals surface area contributed by atoms with Crippen LogP contribution < -0.4 is 5.32 Å². The van der Waals surface area contributed by atoms with E-state index in [0.717, 1.165) is 47.2 Å². The summed E-state index contributed by atoms with van der Waals surface area (Å²) in [6, 6.07) is 10.0. The van der Waals surface area contributed by atoms with Gasteiger partial charge in [-0.1, -0.05) is 33.9 Å². The maximum atomic E-state index is 13.2. The molecule has 6 nitrogen and oxygen atoms in total. The Bertz CT molecular complexity index is 1010. The van der Waals surface area contributed by atoms with Crippen LogP contribution in [0.15, 0.2) is 39.3 Å². The van der Waals surface area contributed by atoms with E-state index in [9.17, 15) is 4.79 Å². The van der Waals surface area contributed by atoms with Crippen LogP contribution in [-0.2, 0) is 5.54 Å². The Kier molecular flexibility index (Phi) is 4.87. The molecule has 0 unspecified atom stereocenters. The average Bonchev–Trinajstić information content (AvgIpc) is 3.37. The first-order chi connectivity index (χ1) is 13.4. The second-order valence-electron chi connectivity index (χ2n) is 7.48. The van der Waals surface area contributed by atoms with E-state index in [1.807, 2.05) is 44.2 Å². The fraction of sp³-hybridized carbons (Fsp3) is 0.381. The summed E-state index contributed by atoms with van der Waals surface area (Å²) >= 11 is 3.47. The van der Waals surface area contributed by atoms with Gasteiger partial charge >= 0.3 is 0 Å². The molecule has 1 aliphatic rings. The largest absolute Gasteiger partial charge is 0.340 e. The number of hydrogen-bond acceptors (Lipinski definition) is 4. The zero-order valence-corrected chi connectivity index (χ0v) is 17.8. The lowest BCUT2D eigenvalue weighted by molar-refractivity contribution is 0.0891. The van der Waals surface area contributed by atoms with E-state index in [4.69, 9.17) is 4.52 Å². The van der Waals surface area contributed by atoms with Gasteiger partial charge in [0.15, 0.2) is 5.82 Å². The number of carbonyl (C=O) groups excluding carboxylic acids is 1. The Labute approximate surface area is 172 Å². The molecule has 4 rings (SSSR count). The summed E-state index contributed by atoms with van der Waals surface area (Å²) in [7, 11) is 0. The lowest BCUT2D eigenvalue weighted by atomic mass is 9.96. The van der Waals surface area contributed by atoms with E-state index in [1.165, 1.54) is 0 Å². The topological polar surface area (TPSA) is 73.0 Å². The van der Waals surface area contributed by atoms with Crippen LogP contribution in [0.25, 0.3) is 5.69 Å². The number of rotatable bonds is 4. The van der Waals surface area contributed by atoms with Gasteiger partial charge in [0.25, 0.3) is 5.91 Å². The Balaban J connectivity index is 1.67. The molecule has 2 heterocycles. The molecule has 0 bridgehead atoms. The third-order valence-electron chi connectivity index (χ3n) is 5.53. The summed E-state index contributed by atoms with van der Waals surface area (Å²) in [5, 5.41) is 7.34. The maximum Gasteiger partial charge on any atom is 0.253 e. The number of benzene rings is 1. The standard InChI is InChI=1S/C21H23BrN4O2/c1-13-12-18(14(2)26(13)17-8-6-16(22)7-9-17)19(27)24-21(10-4-5-11-21)20-23-15(3)28-25-20/h6-9,12H,4-5,10-11H2,1-3H3,(H,24,27). The van der Waals surface area contributed by atoms with Gasteiger partial charge in [0.05, 0.1) is 5.56 Å². The summed E-state index contributed by atoms with van der Waals surface area (Å²) < 4.78 is 8.31. The van der Waals surface area contributed by atoms with E-state index < -0.39 is 5.54 Å². The minimum absolute atomic E-state index is 0.0965. The number of carbonyl (C=O) groups is 1. The Morgan fingerprint density at radius 2 is 1.86 bits per heavy atom. The van der Waals surface area contributed by atoms with E-state index in [1.54, 1.807) is 6.92 Å². The summed E-state index contributed by atoms with van der Waals surface area (Å²) in [5.41, 5.74) is 3.08. The quantitative estimate of drug-likeness (QED) is 0.632. The van der Waals surface area contributed by atoms with Crippen LogP contribution in [-0.4, -0.2) is 20.6 Å². The third-order valence-corrected chi connectivity index (χ3v) is 6.05. The minimum Gasteiger partial charge on any atom is -0.340 e. The van der Waals surface area contributed by atoms with Crippen LogP contribution in [0.4, 0.5) is 0 Å². The van der Waals surface area contributed by atoms with Crippen molar-refractivity contribution in [1.82, 2.24) is 20.0 Å². The second kappa shape index (κ2) is 7.20. The molecule has 1 aromatic carbocycles. The molecule has 1 amide bonds. The molecule has 0 saturated heterocycles. The Hall–Kier alpha value is -2.41. The number of nitrogens with zero attached hydrogens (tertiary/aromatic N) is 3. The van der Waals surface area contributed by atoms with Gasteiger partial charge in [-0.3, -0.25) is 4.79 Å². The second-order valence-corrected chi connectivity index (χ2v) is 8.39. The van der Waals surface area contributed by atoms with Gasteiger partial charge in [0.2, 0.25) is 5.89 Å². The molecule has 2 aromatic heterocycles. The smallest absolute Gasteiger partial charge is 0.253 e. The molecule has 0 atom stereocenters. The monoisotopic (exact) mass is 442 g/mol. The zero-order chi connectivity index (χ0) is 19.9. The molecule has 1 saturated carbocycles. The lowest BCUT2D eigenvalue weighted by Gasteiger charge is -2.26. The van der Waals surface area contributed by atoms with Crippen molar-refractivity contribution in [1.29, 1.82) is 0 Å². The number of aromatic nitrogens is 3. The van der Waals surface area contributed by atoms with Gasteiger partial charge in [-0.05, 0) is 57.0 Å². The fourth-order valence-electron chi connectivity index (χ4n) is 4.14. The van der Waals surface area contributed by atoms with Crippen molar-refractivity contribution in [3.63, 3.8) is 0 Å². The van der Waals surface area contributed by atoms with Crippen molar-refractivity contribution in [2.75, 3.05) is 0 Å². The predicted octanol–water partition coefficient (Wildman–Crippen LogP) is 4.75. The molecule has 1 N–H and O–H groups in total. The van der Waals surface area contributed by atoms with Crippen LogP contribution in [0.5, 0.6) is 0 Å². The average molecular weight is 443 g/mol. The fourth-order valence-corrected chi connectivity index (χ4v) is 4.41. The van der Waals surface area contributed by atoms with Gasteiger partial charge in [-0.25, -0.2) is 0 Å². The van der Waals surface area contributed by atoms with Crippen LogP contribution >= 0.6 is 15.9 Å². The summed E-state index contributed by atoms with van der Waals surface area (Å²) in [4.78, 5) is 17.7. The molecule has 1 fully saturated rings. The summed E-state index contributed by atoms with van der Waals surface area (Å²) in [6.45, 7) is 5.76. The molecule has 3 aromatic rings. The predicted molar refractivity (Wildman–Crippen MR) is 110 cm³/mol. The highest BCUT2D eigenvalue weighted by atomic mass is 79.9. The number of amides is 1. The van der Waals surface area contributed by atoms with Gasteiger partial charge in [0.1, 0.15) is 5.54 Å². The van der Waals surface area contributed by atoms with Crippen LogP contribution in [0.3, 0.4) is 0 Å². The molecule has 0 spiro atoms. The molecule has 7 heteroatoms. The van der Waals surface area contributed by atoms with E-state index in [0.29, 0.717) is 17.3 Å². The first kappa shape index (κ1) is 18.9. The van der Waals surface area contributed by atoms with Crippen molar-refractivity contribution in [2.45, 2.75) is 52.0 Å². The summed E-state index contributed by atoms with van der Waals surface area (Å²) in [5.74, 6) is 1.00. The van der Waals surface area contributed by atoms with Gasteiger partial charge in [0, 0.05) is 28.5 Å². The third kappa shape index (κ3) is 3.28. The normalized spacial score (nSPS) is 15.7. The van der Waals surface area contributed by atoms with Crippen LogP contribution in [0, 0.1) is 20.8 Å². The van der Waals surface area contributed by atoms with Crippen LogP contribution in [0.1, 0.15) is 59.1 Å². The number of hydrogen-bond donors (Lipinski definition) is 1. The van der Waals surface area contributed by atoms with Gasteiger partial charge < -0.3 is 14.4 Å². The van der Waals surface area contributed by atoms with Crippen molar-refractivity contribution in [3.05, 3.63) is 63.5 Å². The number of halogens is 1. The van der Waals surface area contributed by atoms with Crippen molar-refractivity contribution in [3.8, 4) is 5.69 Å². The SMILES string of the molecule is Cc1nc(C2(NC(=O)c3cc(C)n(-c4ccc(Br)cc4)c3C)CCCC2)no1. The van der Waals surface area contributed by atoms with E-state index >= 15 is 0 Å². The number of nitrogens with one attached hydrogen (secondary N) is 1. The van der Waals surface area contributed by atoms with E-state index in [-0.39, 0.29) is 5.91 Å². The van der Waals surface area contributed by atoms with Crippen molar-refractivity contribution >= 4 is 21.8 Å². The van der Waals surface area contributed by atoms with Crippen molar-refractivity contribution < 1.29 is 9.32 Å². The lowest BCUT2D eigenvalue weighted by Crippen LogP contribution is -2.44. The van der Waals surface area contributed by atoms with Gasteiger partial charge in [-0.15, -0.1) is 0 Å². The molecular weight excluding hydrogens is 420 g/mol. The number of aryl methyl sites for hydroxylation is 2. The maximum absolute atomic E-state index is 13.2. The van der Waals surface area contributed by atoms with E-state index in [2.05, 4.69) is 36.0 Å². The van der Waals surface area contributed by atoms with Gasteiger partial charge in [-0.2, -0.15) is 4.98 Å². The first-order valence-corrected chi connectivity index (χ1v) is 10.3. The molecule has 0 aliphatic heterocycles. The summed E-state index contributed by atoms with van der Waals surface area (Å²) in [6.07, 6.45) is 3.71. The van der Waals surface area contributed by atoms with Crippen molar-refractivity contribution in [2.24, 2.45) is 0 Å². The molecule has 1 aliphatic carbocycles. The minimum atomic E-state index is -0.547.